The summed E-state index contributed by atoms with van der Waals surface area (Å²) >= 11 is 7.43. The van der Waals surface area contributed by atoms with Crippen LogP contribution in [0.1, 0.15) is 18.5 Å². The highest BCUT2D eigenvalue weighted by molar-refractivity contribution is 7.89. The van der Waals surface area contributed by atoms with Crippen LogP contribution in [0.15, 0.2) is 39.9 Å². The third-order valence-corrected chi connectivity index (χ3v) is 5.34. The lowest BCUT2D eigenvalue weighted by Crippen LogP contribution is -2.27. The van der Waals surface area contributed by atoms with Crippen LogP contribution in [-0.2, 0) is 10.0 Å². The first kappa shape index (κ1) is 14.3. The second-order valence-corrected chi connectivity index (χ2v) is 6.96. The fourth-order valence-corrected chi connectivity index (χ4v) is 4.13. The summed E-state index contributed by atoms with van der Waals surface area (Å²) in [5.41, 5.74) is 6.87. The van der Waals surface area contributed by atoms with Gasteiger partial charge in [-0.05, 0) is 47.5 Å². The van der Waals surface area contributed by atoms with E-state index in [9.17, 15) is 8.42 Å². The van der Waals surface area contributed by atoms with Crippen LogP contribution >= 0.6 is 22.9 Å². The van der Waals surface area contributed by atoms with E-state index < -0.39 is 10.0 Å². The van der Waals surface area contributed by atoms with Crippen molar-refractivity contribution in [2.75, 3.05) is 5.73 Å². The molecular formula is C12H13ClN2O2S2. The number of hydrogen-bond donors (Lipinski definition) is 2. The van der Waals surface area contributed by atoms with Crippen LogP contribution in [0.2, 0.25) is 5.02 Å². The van der Waals surface area contributed by atoms with Gasteiger partial charge in [0, 0.05) is 11.7 Å². The number of nitrogens with two attached hydrogens (primary N) is 1. The molecule has 0 amide bonds. The lowest BCUT2D eigenvalue weighted by molar-refractivity contribution is 0.567. The van der Waals surface area contributed by atoms with E-state index in [0.717, 1.165) is 5.56 Å². The fraction of sp³-hybridized carbons (Fsp3) is 0.167. The van der Waals surface area contributed by atoms with Gasteiger partial charge in [0.1, 0.15) is 4.90 Å². The van der Waals surface area contributed by atoms with Crippen molar-refractivity contribution in [3.05, 3.63) is 45.6 Å². The largest absolute Gasteiger partial charge is 0.399 e. The minimum Gasteiger partial charge on any atom is -0.399 e. The number of anilines is 1. The molecule has 1 unspecified atom stereocenters. The maximum absolute atomic E-state index is 12.3. The van der Waals surface area contributed by atoms with E-state index in [0.29, 0.717) is 5.69 Å². The molecule has 3 N–H and O–H groups in total. The third-order valence-electron chi connectivity index (χ3n) is 2.62. The predicted octanol–water partition coefficient (Wildman–Crippen LogP) is 3.02. The van der Waals surface area contributed by atoms with Crippen molar-refractivity contribution in [1.82, 2.24) is 4.72 Å². The molecule has 4 nitrogen and oxygen atoms in total. The minimum absolute atomic E-state index is 0.00348. The quantitative estimate of drug-likeness (QED) is 0.852. The smallest absolute Gasteiger partial charge is 0.242 e. The second-order valence-electron chi connectivity index (χ2n) is 4.09. The second kappa shape index (κ2) is 5.50. The standard InChI is InChI=1S/C12H13ClN2O2S2/c1-8(9-4-5-18-7-9)15-19(16,17)12-6-10(14)2-3-11(12)13/h2-8,15H,14H2,1H3. The number of hydrogen-bond acceptors (Lipinski definition) is 4. The molecule has 0 radical (unpaired) electrons. The summed E-state index contributed by atoms with van der Waals surface area (Å²) in [6.45, 7) is 1.78. The van der Waals surface area contributed by atoms with Gasteiger partial charge in [-0.3, -0.25) is 0 Å². The van der Waals surface area contributed by atoms with Crippen LogP contribution < -0.4 is 10.5 Å². The molecule has 19 heavy (non-hydrogen) atoms. The summed E-state index contributed by atoms with van der Waals surface area (Å²) in [6, 6.07) is 5.93. The van der Waals surface area contributed by atoms with E-state index in [2.05, 4.69) is 4.72 Å². The number of benzene rings is 1. The van der Waals surface area contributed by atoms with Crippen molar-refractivity contribution in [3.8, 4) is 0 Å². The zero-order valence-electron chi connectivity index (χ0n) is 10.1. The summed E-state index contributed by atoms with van der Waals surface area (Å²) in [7, 11) is -3.70. The van der Waals surface area contributed by atoms with Crippen LogP contribution in [0, 0.1) is 0 Å². The van der Waals surface area contributed by atoms with Gasteiger partial charge >= 0.3 is 0 Å². The van der Waals surface area contributed by atoms with Gasteiger partial charge in [-0.2, -0.15) is 11.3 Å². The molecule has 0 bridgehead atoms. The zero-order chi connectivity index (χ0) is 14.0. The summed E-state index contributed by atoms with van der Waals surface area (Å²) in [6.07, 6.45) is 0. The Balaban J connectivity index is 2.30. The van der Waals surface area contributed by atoms with Crippen molar-refractivity contribution < 1.29 is 8.42 Å². The Labute approximate surface area is 121 Å². The van der Waals surface area contributed by atoms with E-state index in [1.54, 1.807) is 13.0 Å². The molecule has 2 rings (SSSR count). The molecule has 0 aliphatic rings. The number of nitrogen functional groups attached to an aromatic ring is 1. The van der Waals surface area contributed by atoms with Crippen molar-refractivity contribution in [3.63, 3.8) is 0 Å². The van der Waals surface area contributed by atoms with Gasteiger partial charge in [-0.15, -0.1) is 0 Å². The van der Waals surface area contributed by atoms with E-state index in [1.165, 1.54) is 23.5 Å². The van der Waals surface area contributed by atoms with Crippen LogP contribution in [0.5, 0.6) is 0 Å². The first-order valence-electron chi connectivity index (χ1n) is 5.49. The summed E-state index contributed by atoms with van der Waals surface area (Å²) in [5, 5.41) is 3.95. The van der Waals surface area contributed by atoms with Gasteiger partial charge in [-0.25, -0.2) is 13.1 Å². The number of nitrogens with one attached hydrogen (secondary N) is 1. The maximum Gasteiger partial charge on any atom is 0.242 e. The number of sulfonamides is 1. The summed E-state index contributed by atoms with van der Waals surface area (Å²) < 4.78 is 27.1. The summed E-state index contributed by atoms with van der Waals surface area (Å²) in [4.78, 5) is -0.00348. The van der Waals surface area contributed by atoms with Crippen molar-refractivity contribution in [2.45, 2.75) is 17.9 Å². The number of rotatable bonds is 4. The molecule has 0 aliphatic carbocycles. The first-order chi connectivity index (χ1) is 8.90. The Bertz CT molecular complexity index is 669. The lowest BCUT2D eigenvalue weighted by Gasteiger charge is -2.14. The Hall–Kier alpha value is -1.08. The fourth-order valence-electron chi connectivity index (χ4n) is 1.61. The molecule has 0 fully saturated rings. The Morgan fingerprint density at radius 3 is 2.74 bits per heavy atom. The highest BCUT2D eigenvalue weighted by Crippen LogP contribution is 2.25. The number of thiophene rings is 1. The van der Waals surface area contributed by atoms with E-state index >= 15 is 0 Å². The first-order valence-corrected chi connectivity index (χ1v) is 8.30. The van der Waals surface area contributed by atoms with Gasteiger partial charge in [0.15, 0.2) is 0 Å². The molecule has 1 aromatic carbocycles. The average Bonchev–Trinajstić information content (AvgIpc) is 2.85. The third kappa shape index (κ3) is 3.27. The average molecular weight is 317 g/mol. The molecule has 0 saturated carbocycles. The molecular weight excluding hydrogens is 304 g/mol. The molecule has 1 heterocycles. The molecule has 2 aromatic rings. The lowest BCUT2D eigenvalue weighted by atomic mass is 10.2. The Kier molecular flexibility index (Phi) is 4.15. The van der Waals surface area contributed by atoms with Crippen LogP contribution in [-0.4, -0.2) is 8.42 Å². The van der Waals surface area contributed by atoms with Gasteiger partial charge < -0.3 is 5.73 Å². The van der Waals surface area contributed by atoms with Gasteiger partial charge in [0.05, 0.1) is 5.02 Å². The predicted molar refractivity (Wildman–Crippen MR) is 78.9 cm³/mol. The number of halogens is 1. The molecule has 0 saturated heterocycles. The van der Waals surface area contributed by atoms with Crippen LogP contribution in [0.4, 0.5) is 5.69 Å². The molecule has 0 aliphatic heterocycles. The topological polar surface area (TPSA) is 72.2 Å². The van der Waals surface area contributed by atoms with Gasteiger partial charge in [0.25, 0.3) is 0 Å². The normalized spacial score (nSPS) is 13.4. The molecule has 0 spiro atoms. The molecule has 1 aromatic heterocycles. The SMILES string of the molecule is CC(NS(=O)(=O)c1cc(N)ccc1Cl)c1ccsc1. The molecule has 1 atom stereocenters. The molecule has 102 valence electrons. The van der Waals surface area contributed by atoms with E-state index in [4.69, 9.17) is 17.3 Å². The highest BCUT2D eigenvalue weighted by Gasteiger charge is 2.21. The monoisotopic (exact) mass is 316 g/mol. The highest BCUT2D eigenvalue weighted by atomic mass is 35.5. The molecule has 7 heteroatoms. The van der Waals surface area contributed by atoms with E-state index in [-0.39, 0.29) is 16.0 Å². The van der Waals surface area contributed by atoms with Crippen molar-refractivity contribution in [2.24, 2.45) is 0 Å². The van der Waals surface area contributed by atoms with Gasteiger partial charge in [0.2, 0.25) is 10.0 Å². The van der Waals surface area contributed by atoms with Gasteiger partial charge in [-0.1, -0.05) is 11.6 Å². The maximum atomic E-state index is 12.3. The Morgan fingerprint density at radius 2 is 2.11 bits per heavy atom. The Morgan fingerprint density at radius 1 is 1.37 bits per heavy atom. The van der Waals surface area contributed by atoms with Crippen LogP contribution in [0.3, 0.4) is 0 Å². The summed E-state index contributed by atoms with van der Waals surface area (Å²) in [5.74, 6) is 0. The van der Waals surface area contributed by atoms with Crippen molar-refractivity contribution in [1.29, 1.82) is 0 Å². The minimum atomic E-state index is -3.70. The van der Waals surface area contributed by atoms with Crippen molar-refractivity contribution >= 4 is 38.6 Å². The van der Waals surface area contributed by atoms with Crippen LogP contribution in [0.25, 0.3) is 0 Å². The van der Waals surface area contributed by atoms with E-state index in [1.807, 2.05) is 16.8 Å². The zero-order valence-corrected chi connectivity index (χ0v) is 12.5.